The fourth-order valence-electron chi connectivity index (χ4n) is 3.63. The lowest BCUT2D eigenvalue weighted by molar-refractivity contribution is -0.116. The van der Waals surface area contributed by atoms with Gasteiger partial charge in [-0.1, -0.05) is 24.3 Å². The third-order valence-electron chi connectivity index (χ3n) is 5.11. The van der Waals surface area contributed by atoms with Crippen molar-refractivity contribution in [2.75, 3.05) is 5.75 Å². The highest BCUT2D eigenvalue weighted by atomic mass is 32.2. The van der Waals surface area contributed by atoms with E-state index in [-0.39, 0.29) is 10.6 Å². The van der Waals surface area contributed by atoms with Gasteiger partial charge in [0.05, 0.1) is 16.6 Å². The number of aryl methyl sites for hydroxylation is 2. The van der Waals surface area contributed by atoms with Crippen molar-refractivity contribution in [1.29, 1.82) is 0 Å². The molecule has 1 N–H and O–H groups in total. The van der Waals surface area contributed by atoms with E-state index in [0.717, 1.165) is 21.5 Å². The Balaban J connectivity index is 1.63. The van der Waals surface area contributed by atoms with Crippen molar-refractivity contribution < 1.29 is 13.2 Å². The molecule has 2 aromatic carbocycles. The number of nitrogens with one attached hydrogen (secondary N) is 1. The number of fused-ring (bicyclic) bond motifs is 1. The Morgan fingerprint density at radius 3 is 2.53 bits per heavy atom. The number of carbonyl (C=O) groups is 1. The molecule has 0 aliphatic heterocycles. The molecule has 0 unspecified atom stereocenters. The van der Waals surface area contributed by atoms with E-state index in [9.17, 15) is 22.8 Å². The zero-order chi connectivity index (χ0) is 23.0. The standard InChI is InChI=1S/C23H20N2O5S2/c1-14-5-7-18-19(10-14)24-23(28)25(22(18)27)20-8-6-16(11-15(20)2)12-17(26)13-32(29,30)21-4-3-9-31-21/h3-11H,12-13H2,1-2H3,(H,24,28). The normalized spacial score (nSPS) is 11.7. The van der Waals surface area contributed by atoms with Gasteiger partial charge in [-0.15, -0.1) is 11.3 Å². The van der Waals surface area contributed by atoms with E-state index >= 15 is 0 Å². The summed E-state index contributed by atoms with van der Waals surface area (Å²) < 4.78 is 25.9. The lowest BCUT2D eigenvalue weighted by atomic mass is 10.1. The average Bonchev–Trinajstić information content (AvgIpc) is 3.24. The molecule has 2 heterocycles. The SMILES string of the molecule is Cc1ccc2c(=O)n(-c3ccc(CC(=O)CS(=O)(=O)c4cccs4)cc3C)c(=O)[nH]c2c1. The molecule has 32 heavy (non-hydrogen) atoms. The molecule has 0 atom stereocenters. The molecule has 0 aliphatic carbocycles. The van der Waals surface area contributed by atoms with Crippen LogP contribution in [0.5, 0.6) is 0 Å². The van der Waals surface area contributed by atoms with E-state index in [2.05, 4.69) is 4.98 Å². The van der Waals surface area contributed by atoms with Gasteiger partial charge in [0, 0.05) is 6.42 Å². The second-order valence-electron chi connectivity index (χ2n) is 7.65. The van der Waals surface area contributed by atoms with Gasteiger partial charge in [-0.2, -0.15) is 0 Å². The van der Waals surface area contributed by atoms with Gasteiger partial charge < -0.3 is 4.98 Å². The van der Waals surface area contributed by atoms with Gasteiger partial charge in [0.15, 0.2) is 15.6 Å². The van der Waals surface area contributed by atoms with Gasteiger partial charge in [0.1, 0.15) is 9.96 Å². The lowest BCUT2D eigenvalue weighted by Gasteiger charge is -2.11. The number of ketones is 1. The zero-order valence-corrected chi connectivity index (χ0v) is 19.0. The Hall–Kier alpha value is -3.30. The number of sulfone groups is 1. The largest absolute Gasteiger partial charge is 0.333 e. The van der Waals surface area contributed by atoms with Crippen molar-refractivity contribution in [3.8, 4) is 5.69 Å². The molecule has 0 amide bonds. The first-order chi connectivity index (χ1) is 15.2. The number of thiophene rings is 1. The fourth-order valence-corrected chi connectivity index (χ4v) is 5.96. The molecule has 0 bridgehead atoms. The number of H-pyrrole nitrogens is 1. The van der Waals surface area contributed by atoms with Gasteiger partial charge >= 0.3 is 5.69 Å². The van der Waals surface area contributed by atoms with Crippen LogP contribution < -0.4 is 11.2 Å². The number of hydrogen-bond donors (Lipinski definition) is 1. The number of aromatic amines is 1. The minimum absolute atomic E-state index is 0.0615. The highest BCUT2D eigenvalue weighted by Gasteiger charge is 2.21. The number of rotatable bonds is 6. The second-order valence-corrected chi connectivity index (χ2v) is 10.8. The van der Waals surface area contributed by atoms with Crippen LogP contribution >= 0.6 is 11.3 Å². The molecule has 9 heteroatoms. The molecule has 0 aliphatic rings. The molecule has 4 aromatic rings. The minimum Gasteiger partial charge on any atom is -0.306 e. The molecule has 2 aromatic heterocycles. The number of hydrogen-bond acceptors (Lipinski definition) is 6. The predicted molar refractivity (Wildman–Crippen MR) is 125 cm³/mol. The van der Waals surface area contributed by atoms with E-state index in [1.807, 2.05) is 6.92 Å². The van der Waals surface area contributed by atoms with Crippen LogP contribution in [0.25, 0.3) is 16.6 Å². The lowest BCUT2D eigenvalue weighted by Crippen LogP contribution is -2.34. The Morgan fingerprint density at radius 2 is 1.84 bits per heavy atom. The third kappa shape index (κ3) is 4.21. The van der Waals surface area contributed by atoms with Crippen LogP contribution in [0.3, 0.4) is 0 Å². The smallest absolute Gasteiger partial charge is 0.306 e. The summed E-state index contributed by atoms with van der Waals surface area (Å²) in [5.74, 6) is -1.00. The maximum Gasteiger partial charge on any atom is 0.333 e. The number of carbonyl (C=O) groups excluding carboxylic acids is 1. The van der Waals surface area contributed by atoms with Gasteiger partial charge in [-0.3, -0.25) is 9.59 Å². The highest BCUT2D eigenvalue weighted by molar-refractivity contribution is 7.94. The summed E-state index contributed by atoms with van der Waals surface area (Å²) in [7, 11) is -3.65. The highest BCUT2D eigenvalue weighted by Crippen LogP contribution is 2.19. The summed E-state index contributed by atoms with van der Waals surface area (Å²) in [5, 5.41) is 2.05. The van der Waals surface area contributed by atoms with Gasteiger partial charge in [-0.05, 0) is 60.2 Å². The van der Waals surface area contributed by atoms with Crippen LogP contribution in [0.4, 0.5) is 0 Å². The van der Waals surface area contributed by atoms with Crippen molar-refractivity contribution in [2.24, 2.45) is 0 Å². The van der Waals surface area contributed by atoms with E-state index in [0.29, 0.717) is 27.7 Å². The molecule has 7 nitrogen and oxygen atoms in total. The maximum atomic E-state index is 13.0. The molecule has 164 valence electrons. The van der Waals surface area contributed by atoms with Crippen molar-refractivity contribution in [1.82, 2.24) is 9.55 Å². The van der Waals surface area contributed by atoms with Crippen molar-refractivity contribution >= 4 is 37.9 Å². The Kier molecular flexibility index (Phi) is 5.70. The van der Waals surface area contributed by atoms with Crippen LogP contribution in [-0.2, 0) is 21.1 Å². The molecule has 0 fully saturated rings. The van der Waals surface area contributed by atoms with Gasteiger partial charge in [-0.25, -0.2) is 17.8 Å². The zero-order valence-electron chi connectivity index (χ0n) is 17.4. The summed E-state index contributed by atoms with van der Waals surface area (Å²) in [4.78, 5) is 40.7. The van der Waals surface area contributed by atoms with Crippen molar-refractivity contribution in [2.45, 2.75) is 24.5 Å². The molecule has 0 spiro atoms. The number of aromatic nitrogens is 2. The average molecular weight is 469 g/mol. The minimum atomic E-state index is -3.65. The van der Waals surface area contributed by atoms with Crippen molar-refractivity contribution in [3.05, 3.63) is 91.4 Å². The summed E-state index contributed by atoms with van der Waals surface area (Å²) in [6.45, 7) is 3.61. The molecule has 4 rings (SSSR count). The van der Waals surface area contributed by atoms with Crippen LogP contribution in [-0.4, -0.2) is 29.5 Å². The van der Waals surface area contributed by atoms with Crippen LogP contribution in [0.15, 0.2) is 67.7 Å². The summed E-state index contributed by atoms with van der Waals surface area (Å²) in [5.41, 5.74) is 2.05. The molecule has 0 saturated carbocycles. The quantitative estimate of drug-likeness (QED) is 0.468. The van der Waals surface area contributed by atoms with Crippen LogP contribution in [0.2, 0.25) is 0 Å². The summed E-state index contributed by atoms with van der Waals surface area (Å²) in [6.07, 6.45) is -0.0615. The van der Waals surface area contributed by atoms with E-state index < -0.39 is 32.6 Å². The van der Waals surface area contributed by atoms with Crippen LogP contribution in [0, 0.1) is 13.8 Å². The molecule has 0 saturated heterocycles. The number of nitrogens with zero attached hydrogens (tertiary/aromatic N) is 1. The van der Waals surface area contributed by atoms with Gasteiger partial charge in [0.25, 0.3) is 5.56 Å². The summed E-state index contributed by atoms with van der Waals surface area (Å²) >= 11 is 1.08. The van der Waals surface area contributed by atoms with E-state index in [1.165, 1.54) is 6.07 Å². The Morgan fingerprint density at radius 1 is 1.06 bits per heavy atom. The molecular weight excluding hydrogens is 448 g/mol. The van der Waals surface area contributed by atoms with Crippen LogP contribution in [0.1, 0.15) is 16.7 Å². The first-order valence-corrected chi connectivity index (χ1v) is 12.3. The topological polar surface area (TPSA) is 106 Å². The Bertz CT molecular complexity index is 1560. The molecular formula is C23H20N2O5S2. The summed E-state index contributed by atoms with van der Waals surface area (Å²) in [6, 6.07) is 13.2. The van der Waals surface area contributed by atoms with Crippen molar-refractivity contribution in [3.63, 3.8) is 0 Å². The predicted octanol–water partition coefficient (Wildman–Crippen LogP) is 2.94. The number of Topliss-reactive ketones (excluding diaryl/α,β-unsaturated/α-hetero) is 1. The first-order valence-electron chi connectivity index (χ1n) is 9.79. The fraction of sp³-hybridized carbons (Fsp3) is 0.174. The van der Waals surface area contributed by atoms with E-state index in [1.54, 1.807) is 54.8 Å². The monoisotopic (exact) mass is 468 g/mol. The first kappa shape index (κ1) is 21.9. The van der Waals surface area contributed by atoms with E-state index in [4.69, 9.17) is 0 Å². The number of benzene rings is 2. The van der Waals surface area contributed by atoms with Gasteiger partial charge in [0.2, 0.25) is 0 Å². The maximum absolute atomic E-state index is 13.0. The third-order valence-corrected chi connectivity index (χ3v) is 8.27. The second kappa shape index (κ2) is 8.33. The Labute approximate surface area is 187 Å². The molecule has 0 radical (unpaired) electrons.